The van der Waals surface area contributed by atoms with Crippen molar-refractivity contribution < 1.29 is 13.2 Å². The van der Waals surface area contributed by atoms with E-state index in [2.05, 4.69) is 4.72 Å². The van der Waals surface area contributed by atoms with Crippen molar-refractivity contribution in [3.63, 3.8) is 0 Å². The monoisotopic (exact) mass is 320 g/mol. The second kappa shape index (κ2) is 5.68. The third kappa shape index (κ3) is 3.12. The first-order valence-corrected chi connectivity index (χ1v) is 8.28. The van der Waals surface area contributed by atoms with Crippen molar-refractivity contribution in [3.05, 3.63) is 46.3 Å². The summed E-state index contributed by atoms with van der Waals surface area (Å²) in [4.78, 5) is 12.0. The van der Waals surface area contributed by atoms with Crippen molar-refractivity contribution in [3.8, 4) is 6.07 Å². The van der Waals surface area contributed by atoms with Crippen LogP contribution >= 0.6 is 11.3 Å². The van der Waals surface area contributed by atoms with Gasteiger partial charge in [-0.15, -0.1) is 11.3 Å². The van der Waals surface area contributed by atoms with Gasteiger partial charge in [0.15, 0.2) is 5.78 Å². The molecule has 21 heavy (non-hydrogen) atoms. The summed E-state index contributed by atoms with van der Waals surface area (Å²) in [6.45, 7) is 3.13. The van der Waals surface area contributed by atoms with Crippen LogP contribution in [-0.2, 0) is 10.0 Å². The minimum absolute atomic E-state index is 0.0371. The summed E-state index contributed by atoms with van der Waals surface area (Å²) in [5.74, 6) is -0.213. The molecule has 108 valence electrons. The SMILES string of the molecule is CC(=O)c1c(C)cccc1NS(=O)(=O)c1ccc(C#N)s1. The van der Waals surface area contributed by atoms with Crippen molar-refractivity contribution >= 4 is 32.8 Å². The van der Waals surface area contributed by atoms with Gasteiger partial charge >= 0.3 is 0 Å². The minimum Gasteiger partial charge on any atom is -0.294 e. The number of nitrogens with zero attached hydrogens (tertiary/aromatic N) is 1. The van der Waals surface area contributed by atoms with E-state index in [1.54, 1.807) is 25.1 Å². The molecule has 1 aromatic carbocycles. The van der Waals surface area contributed by atoms with Gasteiger partial charge < -0.3 is 0 Å². The van der Waals surface area contributed by atoms with Crippen LogP contribution in [0.2, 0.25) is 0 Å². The maximum absolute atomic E-state index is 12.3. The first kappa shape index (κ1) is 15.2. The fourth-order valence-corrected chi connectivity index (χ4v) is 4.11. The van der Waals surface area contributed by atoms with E-state index in [4.69, 9.17) is 5.26 Å². The molecule has 0 spiro atoms. The highest BCUT2D eigenvalue weighted by Gasteiger charge is 2.20. The molecular formula is C14H12N2O3S2. The number of nitrogens with one attached hydrogen (secondary N) is 1. The molecule has 1 N–H and O–H groups in total. The Kier molecular flexibility index (Phi) is 4.11. The van der Waals surface area contributed by atoms with Crippen LogP contribution in [0, 0.1) is 18.3 Å². The van der Waals surface area contributed by atoms with Gasteiger partial charge in [-0.2, -0.15) is 5.26 Å². The standard InChI is InChI=1S/C14H12N2O3S2/c1-9-4-3-5-12(14(9)10(2)17)16-21(18,19)13-7-6-11(8-15)20-13/h3-7,16H,1-2H3. The molecule has 2 rings (SSSR count). The number of benzene rings is 1. The molecule has 2 aromatic rings. The molecule has 0 aliphatic carbocycles. The predicted molar refractivity (Wildman–Crippen MR) is 81.0 cm³/mol. The van der Waals surface area contributed by atoms with Gasteiger partial charge in [0, 0.05) is 5.56 Å². The highest BCUT2D eigenvalue weighted by atomic mass is 32.2. The van der Waals surface area contributed by atoms with Crippen LogP contribution in [-0.4, -0.2) is 14.2 Å². The lowest BCUT2D eigenvalue weighted by Gasteiger charge is -2.12. The number of rotatable bonds is 4. The number of sulfonamides is 1. The zero-order valence-corrected chi connectivity index (χ0v) is 13.0. The summed E-state index contributed by atoms with van der Waals surface area (Å²) < 4.78 is 27.0. The summed E-state index contributed by atoms with van der Waals surface area (Å²) in [5, 5.41) is 8.76. The lowest BCUT2D eigenvalue weighted by molar-refractivity contribution is 0.101. The third-order valence-corrected chi connectivity index (χ3v) is 5.67. The van der Waals surface area contributed by atoms with Crippen molar-refractivity contribution in [1.29, 1.82) is 5.26 Å². The molecule has 7 heteroatoms. The summed E-state index contributed by atoms with van der Waals surface area (Å²) in [7, 11) is -3.81. The van der Waals surface area contributed by atoms with Gasteiger partial charge in [0.1, 0.15) is 15.2 Å². The molecule has 0 saturated carbocycles. The van der Waals surface area contributed by atoms with E-state index in [1.807, 2.05) is 6.07 Å². The number of hydrogen-bond donors (Lipinski definition) is 1. The Morgan fingerprint density at radius 2 is 2.00 bits per heavy atom. The zero-order chi connectivity index (χ0) is 15.6. The molecule has 0 aliphatic rings. The molecule has 0 atom stereocenters. The highest BCUT2D eigenvalue weighted by Crippen LogP contribution is 2.26. The molecule has 1 aromatic heterocycles. The van der Waals surface area contributed by atoms with Crippen molar-refractivity contribution in [2.24, 2.45) is 0 Å². The lowest BCUT2D eigenvalue weighted by atomic mass is 10.0. The average molecular weight is 320 g/mol. The van der Waals surface area contributed by atoms with Gasteiger partial charge in [-0.25, -0.2) is 8.42 Å². The smallest absolute Gasteiger partial charge is 0.271 e. The molecular weight excluding hydrogens is 308 g/mol. The number of anilines is 1. The quantitative estimate of drug-likeness (QED) is 0.877. The number of Topliss-reactive ketones (excluding diaryl/α,β-unsaturated/α-hetero) is 1. The summed E-state index contributed by atoms with van der Waals surface area (Å²) >= 11 is 0.881. The van der Waals surface area contributed by atoms with E-state index in [9.17, 15) is 13.2 Å². The van der Waals surface area contributed by atoms with Gasteiger partial charge in [-0.3, -0.25) is 9.52 Å². The Morgan fingerprint density at radius 1 is 1.29 bits per heavy atom. The van der Waals surface area contributed by atoms with Gasteiger partial charge in [0.2, 0.25) is 0 Å². The summed E-state index contributed by atoms with van der Waals surface area (Å²) in [6, 6.07) is 9.67. The van der Waals surface area contributed by atoms with E-state index in [1.165, 1.54) is 19.1 Å². The van der Waals surface area contributed by atoms with Crippen LogP contribution in [0.25, 0.3) is 0 Å². The molecule has 0 bridgehead atoms. The molecule has 0 amide bonds. The Bertz CT molecular complexity index is 845. The Morgan fingerprint density at radius 3 is 2.57 bits per heavy atom. The van der Waals surface area contributed by atoms with E-state index in [-0.39, 0.29) is 15.7 Å². The van der Waals surface area contributed by atoms with Gasteiger partial charge in [0.25, 0.3) is 10.0 Å². The first-order valence-electron chi connectivity index (χ1n) is 5.98. The molecule has 5 nitrogen and oxygen atoms in total. The lowest BCUT2D eigenvalue weighted by Crippen LogP contribution is -2.14. The van der Waals surface area contributed by atoms with Gasteiger partial charge in [-0.1, -0.05) is 12.1 Å². The number of carbonyl (C=O) groups is 1. The van der Waals surface area contributed by atoms with Crippen LogP contribution in [0.15, 0.2) is 34.5 Å². The number of aryl methyl sites for hydroxylation is 1. The highest BCUT2D eigenvalue weighted by molar-refractivity contribution is 7.94. The van der Waals surface area contributed by atoms with Crippen LogP contribution in [0.4, 0.5) is 5.69 Å². The Labute approximate surface area is 126 Å². The van der Waals surface area contributed by atoms with E-state index < -0.39 is 10.0 Å². The predicted octanol–water partition coefficient (Wildman–Crippen LogP) is 2.93. The second-order valence-electron chi connectivity index (χ2n) is 4.39. The van der Waals surface area contributed by atoms with Crippen molar-refractivity contribution in [1.82, 2.24) is 0 Å². The normalized spacial score (nSPS) is 10.9. The van der Waals surface area contributed by atoms with Crippen LogP contribution in [0.3, 0.4) is 0 Å². The summed E-state index contributed by atoms with van der Waals surface area (Å²) in [6.07, 6.45) is 0. The van der Waals surface area contributed by atoms with Crippen LogP contribution in [0.1, 0.15) is 27.7 Å². The molecule has 0 saturated heterocycles. The molecule has 0 fully saturated rings. The second-order valence-corrected chi connectivity index (χ2v) is 7.38. The molecule has 1 heterocycles. The van der Waals surface area contributed by atoms with E-state index >= 15 is 0 Å². The van der Waals surface area contributed by atoms with Crippen LogP contribution < -0.4 is 4.72 Å². The van der Waals surface area contributed by atoms with Gasteiger partial charge in [0.05, 0.1) is 5.69 Å². The average Bonchev–Trinajstić information content (AvgIpc) is 2.87. The molecule has 0 unspecified atom stereocenters. The fraction of sp³-hybridized carbons (Fsp3) is 0.143. The van der Waals surface area contributed by atoms with E-state index in [0.29, 0.717) is 16.0 Å². The molecule has 0 aliphatic heterocycles. The number of carbonyl (C=O) groups excluding carboxylic acids is 1. The number of ketones is 1. The van der Waals surface area contributed by atoms with Crippen molar-refractivity contribution in [2.75, 3.05) is 4.72 Å². The third-order valence-electron chi connectivity index (χ3n) is 2.83. The number of nitriles is 1. The van der Waals surface area contributed by atoms with Gasteiger partial charge in [-0.05, 0) is 37.6 Å². The maximum Gasteiger partial charge on any atom is 0.271 e. The minimum atomic E-state index is -3.81. The Hall–Kier alpha value is -2.17. The Balaban J connectivity index is 2.45. The fourth-order valence-electron chi connectivity index (χ4n) is 1.94. The largest absolute Gasteiger partial charge is 0.294 e. The van der Waals surface area contributed by atoms with Crippen molar-refractivity contribution in [2.45, 2.75) is 18.1 Å². The number of hydrogen-bond acceptors (Lipinski definition) is 5. The van der Waals surface area contributed by atoms with Crippen LogP contribution in [0.5, 0.6) is 0 Å². The maximum atomic E-state index is 12.3. The number of thiophene rings is 1. The topological polar surface area (TPSA) is 87.0 Å². The molecule has 0 radical (unpaired) electrons. The van der Waals surface area contributed by atoms with E-state index in [0.717, 1.165) is 11.3 Å². The zero-order valence-electron chi connectivity index (χ0n) is 11.4. The summed E-state index contributed by atoms with van der Waals surface area (Å²) in [5.41, 5.74) is 1.29. The first-order chi connectivity index (χ1) is 9.85.